The monoisotopic (exact) mass is 350 g/mol. The van der Waals surface area contributed by atoms with Crippen LogP contribution in [0.15, 0.2) is 48.5 Å². The third-order valence-electron chi connectivity index (χ3n) is 5.30. The molecule has 1 saturated heterocycles. The molecule has 0 saturated carbocycles. The topological polar surface area (TPSA) is 58.6 Å². The molecule has 2 aromatic carbocycles. The minimum absolute atomic E-state index is 0.0373. The van der Waals surface area contributed by atoms with Gasteiger partial charge in [-0.2, -0.15) is 0 Å². The maximum absolute atomic E-state index is 12.3. The van der Waals surface area contributed by atoms with Crippen molar-refractivity contribution in [3.63, 3.8) is 0 Å². The van der Waals surface area contributed by atoms with Crippen LogP contribution in [0.25, 0.3) is 11.1 Å². The van der Waals surface area contributed by atoms with E-state index in [1.54, 1.807) is 11.9 Å². The minimum Gasteiger partial charge on any atom is -0.448 e. The Morgan fingerprint density at radius 3 is 2.31 bits per heavy atom. The van der Waals surface area contributed by atoms with Crippen LogP contribution in [0.3, 0.4) is 0 Å². The van der Waals surface area contributed by atoms with Crippen molar-refractivity contribution in [3.05, 3.63) is 59.7 Å². The summed E-state index contributed by atoms with van der Waals surface area (Å²) >= 11 is 0. The fourth-order valence-electron chi connectivity index (χ4n) is 4.07. The van der Waals surface area contributed by atoms with Gasteiger partial charge in [-0.3, -0.25) is 10.2 Å². The van der Waals surface area contributed by atoms with Crippen molar-refractivity contribution in [2.24, 2.45) is 0 Å². The number of amides is 1. The molecule has 0 bridgehead atoms. The molecular formula is C21H22N2O3. The maximum Gasteiger partial charge on any atom is 0.421 e. The zero-order valence-corrected chi connectivity index (χ0v) is 14.8. The molecule has 2 aliphatic rings. The number of ketones is 1. The van der Waals surface area contributed by atoms with Crippen LogP contribution in [0, 0.1) is 0 Å². The zero-order valence-electron chi connectivity index (χ0n) is 14.8. The van der Waals surface area contributed by atoms with Gasteiger partial charge in [0.25, 0.3) is 0 Å². The zero-order chi connectivity index (χ0) is 18.1. The van der Waals surface area contributed by atoms with Gasteiger partial charge in [-0.25, -0.2) is 9.80 Å². The van der Waals surface area contributed by atoms with Crippen LogP contribution >= 0.6 is 0 Å². The standard InChI is InChI=1S/C21H22N2O3/c1-14(24)20-11-6-12-23(20)22-21(25)26-13-19-17-9-4-2-7-15(17)16-8-3-5-10-18(16)19/h2-5,7-10,19-20H,6,11-13H2,1H3,(H,22,25)/t20-/m1/s1. The normalized spacial score (nSPS) is 19.0. The first-order valence-corrected chi connectivity index (χ1v) is 9.04. The first-order valence-electron chi connectivity index (χ1n) is 9.04. The summed E-state index contributed by atoms with van der Waals surface area (Å²) in [6, 6.07) is 16.2. The molecule has 1 atom stereocenters. The predicted octanol–water partition coefficient (Wildman–Crippen LogP) is 3.49. The number of nitrogens with zero attached hydrogens (tertiary/aromatic N) is 1. The Morgan fingerprint density at radius 1 is 1.08 bits per heavy atom. The van der Waals surface area contributed by atoms with E-state index in [1.807, 2.05) is 24.3 Å². The van der Waals surface area contributed by atoms with Crippen LogP contribution < -0.4 is 5.43 Å². The first-order chi connectivity index (χ1) is 12.6. The van der Waals surface area contributed by atoms with Crippen molar-refractivity contribution in [2.75, 3.05) is 13.2 Å². The van der Waals surface area contributed by atoms with Crippen LogP contribution in [-0.2, 0) is 9.53 Å². The highest BCUT2D eigenvalue weighted by molar-refractivity contribution is 5.82. The van der Waals surface area contributed by atoms with E-state index in [2.05, 4.69) is 29.7 Å². The lowest BCUT2D eigenvalue weighted by molar-refractivity contribution is -0.121. The third kappa shape index (κ3) is 2.99. The van der Waals surface area contributed by atoms with E-state index in [-0.39, 0.29) is 24.3 Å². The van der Waals surface area contributed by atoms with Crippen LogP contribution in [-0.4, -0.2) is 36.1 Å². The second-order valence-electron chi connectivity index (χ2n) is 6.90. The Labute approximate surface area is 152 Å². The summed E-state index contributed by atoms with van der Waals surface area (Å²) in [5, 5.41) is 1.70. The second kappa shape index (κ2) is 6.92. The summed E-state index contributed by atoms with van der Waals surface area (Å²) in [6.45, 7) is 2.51. The van der Waals surface area contributed by atoms with Crippen molar-refractivity contribution in [2.45, 2.75) is 31.7 Å². The molecule has 1 N–H and O–H groups in total. The predicted molar refractivity (Wildman–Crippen MR) is 98.6 cm³/mol. The fourth-order valence-corrected chi connectivity index (χ4v) is 4.07. The lowest BCUT2D eigenvalue weighted by Crippen LogP contribution is -2.48. The number of rotatable bonds is 4. The number of fused-ring (bicyclic) bond motifs is 3. The molecule has 0 aromatic heterocycles. The Balaban J connectivity index is 1.45. The van der Waals surface area contributed by atoms with Crippen LogP contribution in [0.5, 0.6) is 0 Å². The fraction of sp³-hybridized carbons (Fsp3) is 0.333. The third-order valence-corrected chi connectivity index (χ3v) is 5.30. The molecule has 1 aliphatic carbocycles. The largest absolute Gasteiger partial charge is 0.448 e. The summed E-state index contributed by atoms with van der Waals surface area (Å²) in [7, 11) is 0. The number of carbonyl (C=O) groups excluding carboxylic acids is 2. The number of nitrogens with one attached hydrogen (secondary N) is 1. The quantitative estimate of drug-likeness (QED) is 0.917. The van der Waals surface area contributed by atoms with Gasteiger partial charge in [-0.15, -0.1) is 0 Å². The molecule has 5 nitrogen and oxygen atoms in total. The number of ether oxygens (including phenoxy) is 1. The number of Topliss-reactive ketones (excluding diaryl/α,β-unsaturated/α-hetero) is 1. The molecule has 4 rings (SSSR count). The average Bonchev–Trinajstić information content (AvgIpc) is 3.23. The summed E-state index contributed by atoms with van der Waals surface area (Å²) in [5.41, 5.74) is 7.51. The van der Waals surface area contributed by atoms with E-state index in [0.29, 0.717) is 6.54 Å². The molecular weight excluding hydrogens is 328 g/mol. The molecule has 1 aliphatic heterocycles. The van der Waals surface area contributed by atoms with E-state index < -0.39 is 6.09 Å². The molecule has 0 unspecified atom stereocenters. The van der Waals surface area contributed by atoms with Crippen molar-refractivity contribution < 1.29 is 14.3 Å². The van der Waals surface area contributed by atoms with E-state index in [0.717, 1.165) is 12.8 Å². The number of benzene rings is 2. The number of hydrogen-bond acceptors (Lipinski definition) is 4. The van der Waals surface area contributed by atoms with Gasteiger partial charge in [0.1, 0.15) is 12.4 Å². The summed E-state index contributed by atoms with van der Waals surface area (Å²) in [6.07, 6.45) is 1.17. The summed E-state index contributed by atoms with van der Waals surface area (Å²) < 4.78 is 5.53. The summed E-state index contributed by atoms with van der Waals surface area (Å²) in [4.78, 5) is 23.9. The first kappa shape index (κ1) is 16.8. The Morgan fingerprint density at radius 2 is 1.69 bits per heavy atom. The average molecular weight is 350 g/mol. The van der Waals surface area contributed by atoms with E-state index in [4.69, 9.17) is 4.74 Å². The highest BCUT2D eigenvalue weighted by Gasteiger charge is 2.31. The van der Waals surface area contributed by atoms with Gasteiger partial charge in [0, 0.05) is 12.5 Å². The minimum atomic E-state index is -0.500. The van der Waals surface area contributed by atoms with Gasteiger partial charge in [-0.05, 0) is 42.0 Å². The van der Waals surface area contributed by atoms with Crippen LogP contribution in [0.1, 0.15) is 36.8 Å². The molecule has 1 heterocycles. The van der Waals surface area contributed by atoms with Gasteiger partial charge in [0.05, 0.1) is 6.04 Å². The highest BCUT2D eigenvalue weighted by Crippen LogP contribution is 2.44. The number of carbonyl (C=O) groups is 2. The molecule has 0 spiro atoms. The van der Waals surface area contributed by atoms with Gasteiger partial charge >= 0.3 is 6.09 Å². The number of hydrazine groups is 1. The Hall–Kier alpha value is -2.66. The van der Waals surface area contributed by atoms with E-state index >= 15 is 0 Å². The van der Waals surface area contributed by atoms with Gasteiger partial charge in [0.15, 0.2) is 0 Å². The van der Waals surface area contributed by atoms with Gasteiger partial charge in [0.2, 0.25) is 0 Å². The lowest BCUT2D eigenvalue weighted by atomic mass is 9.98. The lowest BCUT2D eigenvalue weighted by Gasteiger charge is -2.23. The van der Waals surface area contributed by atoms with Crippen LogP contribution in [0.4, 0.5) is 4.79 Å². The Bertz CT molecular complexity index is 803. The summed E-state index contributed by atoms with van der Waals surface area (Å²) in [5.74, 6) is 0.108. The SMILES string of the molecule is CC(=O)[C@H]1CCCN1NC(=O)OCC1c2ccccc2-c2ccccc21. The van der Waals surface area contributed by atoms with E-state index in [1.165, 1.54) is 22.3 Å². The Kier molecular flexibility index (Phi) is 4.47. The van der Waals surface area contributed by atoms with Gasteiger partial charge in [-0.1, -0.05) is 48.5 Å². The van der Waals surface area contributed by atoms with Crippen molar-refractivity contribution in [3.8, 4) is 11.1 Å². The molecule has 1 fully saturated rings. The molecule has 134 valence electrons. The molecule has 26 heavy (non-hydrogen) atoms. The molecule has 1 amide bonds. The van der Waals surface area contributed by atoms with Crippen molar-refractivity contribution in [1.29, 1.82) is 0 Å². The molecule has 5 heteroatoms. The van der Waals surface area contributed by atoms with Crippen LogP contribution in [0.2, 0.25) is 0 Å². The second-order valence-corrected chi connectivity index (χ2v) is 6.90. The number of hydrogen-bond donors (Lipinski definition) is 1. The maximum atomic E-state index is 12.3. The molecule has 0 radical (unpaired) electrons. The van der Waals surface area contributed by atoms with E-state index in [9.17, 15) is 9.59 Å². The van der Waals surface area contributed by atoms with Crippen molar-refractivity contribution >= 4 is 11.9 Å². The van der Waals surface area contributed by atoms with Gasteiger partial charge < -0.3 is 4.74 Å². The highest BCUT2D eigenvalue weighted by atomic mass is 16.6. The van der Waals surface area contributed by atoms with Crippen molar-refractivity contribution in [1.82, 2.24) is 10.4 Å². The smallest absolute Gasteiger partial charge is 0.421 e. The molecule has 2 aromatic rings.